The fraction of sp³-hybridized carbons (Fsp3) is 0.357. The van der Waals surface area contributed by atoms with Gasteiger partial charge in [0, 0.05) is 31.5 Å². The van der Waals surface area contributed by atoms with Gasteiger partial charge in [0.2, 0.25) is 0 Å². The van der Waals surface area contributed by atoms with Gasteiger partial charge in [0.15, 0.2) is 0 Å². The Bertz CT molecular complexity index is 524. The number of nitrogens with zero attached hydrogens (tertiary/aromatic N) is 1. The van der Waals surface area contributed by atoms with E-state index in [0.717, 1.165) is 37.5 Å². The first kappa shape index (κ1) is 11.3. The Kier molecular flexibility index (Phi) is 3.02. The fourth-order valence-corrected chi connectivity index (χ4v) is 2.39. The summed E-state index contributed by atoms with van der Waals surface area (Å²) in [5.74, 6) is 1.94. The lowest BCUT2D eigenvalue weighted by Crippen LogP contribution is -2.23. The van der Waals surface area contributed by atoms with Crippen molar-refractivity contribution in [1.82, 2.24) is 15.3 Å². The summed E-state index contributed by atoms with van der Waals surface area (Å²) in [6.45, 7) is 1.92. The predicted octanol–water partition coefficient (Wildman–Crippen LogP) is 1.65. The predicted molar refractivity (Wildman–Crippen MR) is 69.8 cm³/mol. The Morgan fingerprint density at radius 1 is 1.33 bits per heavy atom. The van der Waals surface area contributed by atoms with Crippen LogP contribution < -0.4 is 10.1 Å². The number of imidazole rings is 1. The van der Waals surface area contributed by atoms with Crippen LogP contribution in [0, 0.1) is 0 Å². The quantitative estimate of drug-likeness (QED) is 0.862. The average molecular weight is 243 g/mol. The Morgan fingerprint density at radius 3 is 3.06 bits per heavy atom. The number of aromatic amines is 1. The Morgan fingerprint density at radius 2 is 2.22 bits per heavy atom. The van der Waals surface area contributed by atoms with Crippen molar-refractivity contribution in [3.63, 3.8) is 0 Å². The Labute approximate surface area is 106 Å². The van der Waals surface area contributed by atoms with Crippen LogP contribution in [0.4, 0.5) is 0 Å². The zero-order chi connectivity index (χ0) is 12.4. The molecule has 0 spiro atoms. The molecule has 0 bridgehead atoms. The molecule has 1 aliphatic heterocycles. The van der Waals surface area contributed by atoms with Gasteiger partial charge in [0.25, 0.3) is 0 Å². The largest absolute Gasteiger partial charge is 0.496 e. The number of H-pyrrole nitrogens is 1. The molecule has 2 heterocycles. The van der Waals surface area contributed by atoms with E-state index in [1.165, 1.54) is 17.0 Å². The van der Waals surface area contributed by atoms with Crippen LogP contribution in [0.2, 0.25) is 0 Å². The average Bonchev–Trinajstić information content (AvgIpc) is 2.81. The van der Waals surface area contributed by atoms with Crippen LogP contribution in [0.25, 0.3) is 0 Å². The minimum atomic E-state index is 0.789. The first-order valence-corrected chi connectivity index (χ1v) is 6.26. The second-order valence-electron chi connectivity index (χ2n) is 4.52. The van der Waals surface area contributed by atoms with E-state index in [2.05, 4.69) is 21.4 Å². The van der Waals surface area contributed by atoms with Gasteiger partial charge in [-0.2, -0.15) is 0 Å². The molecule has 3 rings (SSSR count). The molecule has 4 nitrogen and oxygen atoms in total. The lowest BCUT2D eigenvalue weighted by atomic mass is 10.1. The highest BCUT2D eigenvalue weighted by atomic mass is 16.5. The number of ether oxygens (including phenoxy) is 1. The van der Waals surface area contributed by atoms with Crippen LogP contribution in [0.15, 0.2) is 24.3 Å². The van der Waals surface area contributed by atoms with Gasteiger partial charge in [-0.3, -0.25) is 0 Å². The molecule has 1 aromatic heterocycles. The maximum atomic E-state index is 5.37. The molecule has 0 radical (unpaired) electrons. The summed E-state index contributed by atoms with van der Waals surface area (Å²) in [5, 5.41) is 3.34. The van der Waals surface area contributed by atoms with Gasteiger partial charge < -0.3 is 15.0 Å². The molecule has 94 valence electrons. The second-order valence-corrected chi connectivity index (χ2v) is 4.52. The van der Waals surface area contributed by atoms with Gasteiger partial charge in [-0.15, -0.1) is 0 Å². The van der Waals surface area contributed by atoms with Crippen LogP contribution in [0.1, 0.15) is 22.8 Å². The van der Waals surface area contributed by atoms with E-state index in [1.54, 1.807) is 7.11 Å². The minimum Gasteiger partial charge on any atom is -0.496 e. The summed E-state index contributed by atoms with van der Waals surface area (Å²) in [7, 11) is 1.70. The summed E-state index contributed by atoms with van der Waals surface area (Å²) in [6, 6.07) is 8.08. The number of rotatable bonds is 3. The van der Waals surface area contributed by atoms with Crippen molar-refractivity contribution in [3.8, 4) is 5.75 Å². The molecule has 1 aromatic carbocycles. The van der Waals surface area contributed by atoms with E-state index >= 15 is 0 Å². The minimum absolute atomic E-state index is 0.789. The molecule has 0 saturated carbocycles. The molecular weight excluding hydrogens is 226 g/mol. The van der Waals surface area contributed by atoms with Crippen LogP contribution in [0.3, 0.4) is 0 Å². The third-order valence-electron chi connectivity index (χ3n) is 3.30. The van der Waals surface area contributed by atoms with Gasteiger partial charge in [-0.05, 0) is 6.07 Å². The molecule has 0 atom stereocenters. The highest BCUT2D eigenvalue weighted by Crippen LogP contribution is 2.21. The van der Waals surface area contributed by atoms with Gasteiger partial charge in [0.05, 0.1) is 18.5 Å². The second kappa shape index (κ2) is 4.82. The number of para-hydroxylation sites is 1. The van der Waals surface area contributed by atoms with Gasteiger partial charge in [-0.1, -0.05) is 18.2 Å². The van der Waals surface area contributed by atoms with Gasteiger partial charge in [0.1, 0.15) is 11.6 Å². The number of aromatic nitrogens is 2. The van der Waals surface area contributed by atoms with Crippen molar-refractivity contribution < 1.29 is 4.74 Å². The number of nitrogens with one attached hydrogen (secondary N) is 2. The Hall–Kier alpha value is -1.81. The topological polar surface area (TPSA) is 49.9 Å². The van der Waals surface area contributed by atoms with E-state index in [4.69, 9.17) is 4.74 Å². The number of hydrogen-bond acceptors (Lipinski definition) is 3. The molecule has 4 heteroatoms. The summed E-state index contributed by atoms with van der Waals surface area (Å²) in [6.07, 6.45) is 1.80. The first-order chi connectivity index (χ1) is 8.86. The summed E-state index contributed by atoms with van der Waals surface area (Å²) >= 11 is 0. The molecule has 2 aromatic rings. The maximum absolute atomic E-state index is 5.37. The molecule has 0 saturated heterocycles. The Balaban J connectivity index is 1.85. The van der Waals surface area contributed by atoms with Crippen LogP contribution in [-0.4, -0.2) is 23.6 Å². The van der Waals surface area contributed by atoms with Crippen molar-refractivity contribution in [3.05, 3.63) is 47.0 Å². The monoisotopic (exact) mass is 243 g/mol. The lowest BCUT2D eigenvalue weighted by Gasteiger charge is -2.09. The number of fused-ring (bicyclic) bond motifs is 1. The van der Waals surface area contributed by atoms with Gasteiger partial charge in [-0.25, -0.2) is 4.98 Å². The highest BCUT2D eigenvalue weighted by molar-refractivity contribution is 5.35. The zero-order valence-corrected chi connectivity index (χ0v) is 10.5. The SMILES string of the molecule is COc1ccccc1Cc1nc2c([nH]1)CNCC2. The molecule has 0 aliphatic carbocycles. The standard InChI is InChI=1S/C14H17N3O/c1-18-13-5-3-2-4-10(13)8-14-16-11-6-7-15-9-12(11)17-14/h2-5,15H,6-9H2,1H3,(H,16,17). The third kappa shape index (κ3) is 2.11. The smallest absolute Gasteiger partial charge is 0.122 e. The van der Waals surface area contributed by atoms with Crippen molar-refractivity contribution in [2.24, 2.45) is 0 Å². The lowest BCUT2D eigenvalue weighted by molar-refractivity contribution is 0.410. The van der Waals surface area contributed by atoms with Crippen LogP contribution in [0.5, 0.6) is 5.75 Å². The van der Waals surface area contributed by atoms with Crippen molar-refractivity contribution >= 4 is 0 Å². The number of methoxy groups -OCH3 is 1. The van der Waals surface area contributed by atoms with Gasteiger partial charge >= 0.3 is 0 Å². The van der Waals surface area contributed by atoms with E-state index < -0.39 is 0 Å². The van der Waals surface area contributed by atoms with Crippen molar-refractivity contribution in [2.75, 3.05) is 13.7 Å². The van der Waals surface area contributed by atoms with Crippen LogP contribution >= 0.6 is 0 Å². The maximum Gasteiger partial charge on any atom is 0.122 e. The van der Waals surface area contributed by atoms with E-state index in [0.29, 0.717) is 0 Å². The number of hydrogen-bond donors (Lipinski definition) is 2. The molecule has 0 fully saturated rings. The number of benzene rings is 1. The van der Waals surface area contributed by atoms with Crippen molar-refractivity contribution in [2.45, 2.75) is 19.4 Å². The fourth-order valence-electron chi connectivity index (χ4n) is 2.39. The summed E-state index contributed by atoms with van der Waals surface area (Å²) < 4.78 is 5.37. The molecular formula is C14H17N3O. The summed E-state index contributed by atoms with van der Waals surface area (Å²) in [5.41, 5.74) is 3.60. The zero-order valence-electron chi connectivity index (χ0n) is 10.5. The van der Waals surface area contributed by atoms with Crippen molar-refractivity contribution in [1.29, 1.82) is 0 Å². The van der Waals surface area contributed by atoms with E-state index in [1.807, 2.05) is 18.2 Å². The molecule has 18 heavy (non-hydrogen) atoms. The molecule has 2 N–H and O–H groups in total. The van der Waals surface area contributed by atoms with Crippen LogP contribution in [-0.2, 0) is 19.4 Å². The van der Waals surface area contributed by atoms with E-state index in [9.17, 15) is 0 Å². The first-order valence-electron chi connectivity index (χ1n) is 6.26. The highest BCUT2D eigenvalue weighted by Gasteiger charge is 2.14. The molecule has 0 unspecified atom stereocenters. The molecule has 1 aliphatic rings. The van der Waals surface area contributed by atoms with E-state index in [-0.39, 0.29) is 0 Å². The molecule has 0 amide bonds. The normalized spacial score (nSPS) is 14.3. The summed E-state index contributed by atoms with van der Waals surface area (Å²) in [4.78, 5) is 8.07. The third-order valence-corrected chi connectivity index (χ3v) is 3.30.